The number of nitrogens with zero attached hydrogens (tertiary/aromatic N) is 2. The van der Waals surface area contributed by atoms with Gasteiger partial charge in [-0.1, -0.05) is 30.3 Å². The molecule has 158 valence electrons. The molecule has 0 bridgehead atoms. The zero-order valence-electron chi connectivity index (χ0n) is 16.5. The van der Waals surface area contributed by atoms with E-state index in [1.165, 1.54) is 25.2 Å². The highest BCUT2D eigenvalue weighted by Gasteiger charge is 2.36. The van der Waals surface area contributed by atoms with Crippen LogP contribution in [0.25, 0.3) is 11.0 Å². The van der Waals surface area contributed by atoms with Crippen molar-refractivity contribution in [1.82, 2.24) is 14.9 Å². The van der Waals surface area contributed by atoms with Gasteiger partial charge >= 0.3 is 18.0 Å². The normalized spacial score (nSPS) is 12.6. The predicted molar refractivity (Wildman–Crippen MR) is 107 cm³/mol. The van der Waals surface area contributed by atoms with Gasteiger partial charge < -0.3 is 15.2 Å². The fraction of sp³-hybridized carbons (Fsp3) is 0.286. The highest BCUT2D eigenvalue weighted by atomic mass is 19.4. The highest BCUT2D eigenvalue weighted by Crippen LogP contribution is 2.31. The molecular weight excluding hydrogens is 397 g/mol. The van der Waals surface area contributed by atoms with Crippen molar-refractivity contribution >= 4 is 28.5 Å². The molecule has 1 atom stereocenters. The van der Waals surface area contributed by atoms with Crippen molar-refractivity contribution in [3.8, 4) is 0 Å². The van der Waals surface area contributed by atoms with Crippen molar-refractivity contribution in [3.63, 3.8) is 0 Å². The standard InChI is InChI=1S/C21H21F3N4O2/c1-13(8-9-14-6-4-3-5-7-14)25-18(29)19(30)26-15-10-11-17-16(12-15)27-20(28(17)2)21(22,23)24/h3-7,10-13H,8-9H2,1-2H3,(H,25,29)(H,26,30)/t13-/m0/s1. The summed E-state index contributed by atoms with van der Waals surface area (Å²) in [7, 11) is 1.26. The Morgan fingerprint density at radius 3 is 2.47 bits per heavy atom. The maximum Gasteiger partial charge on any atom is 0.449 e. The number of aromatic nitrogens is 2. The number of carbonyl (C=O) groups excluding carboxylic acids is 2. The lowest BCUT2D eigenvalue weighted by molar-refractivity contribution is -0.146. The predicted octanol–water partition coefficient (Wildman–Crippen LogP) is 3.67. The van der Waals surface area contributed by atoms with Gasteiger partial charge in [-0.3, -0.25) is 9.59 Å². The van der Waals surface area contributed by atoms with Gasteiger partial charge in [0.2, 0.25) is 5.82 Å². The minimum absolute atomic E-state index is 0.0688. The molecule has 9 heteroatoms. The van der Waals surface area contributed by atoms with Gasteiger partial charge in [-0.05, 0) is 43.5 Å². The molecular formula is C21H21F3N4O2. The first-order valence-corrected chi connectivity index (χ1v) is 9.34. The van der Waals surface area contributed by atoms with Crippen LogP contribution in [0.4, 0.5) is 18.9 Å². The SMILES string of the molecule is C[C@@H](CCc1ccccc1)NC(=O)C(=O)Nc1ccc2c(c1)nc(C(F)(F)F)n2C. The molecule has 0 unspecified atom stereocenters. The average molecular weight is 418 g/mol. The van der Waals surface area contributed by atoms with Gasteiger partial charge in [0.1, 0.15) is 0 Å². The fourth-order valence-electron chi connectivity index (χ4n) is 3.11. The summed E-state index contributed by atoms with van der Waals surface area (Å²) in [6, 6.07) is 13.7. The Balaban J connectivity index is 1.60. The van der Waals surface area contributed by atoms with E-state index < -0.39 is 23.8 Å². The zero-order chi connectivity index (χ0) is 21.9. The summed E-state index contributed by atoms with van der Waals surface area (Å²) in [5.74, 6) is -2.74. The molecule has 0 aliphatic heterocycles. The van der Waals surface area contributed by atoms with Crippen molar-refractivity contribution < 1.29 is 22.8 Å². The van der Waals surface area contributed by atoms with Crippen LogP contribution in [0.1, 0.15) is 24.7 Å². The molecule has 2 aromatic carbocycles. The number of anilines is 1. The third-order valence-corrected chi connectivity index (χ3v) is 4.68. The Labute approximate surface area is 171 Å². The van der Waals surface area contributed by atoms with Crippen LogP contribution in [0.2, 0.25) is 0 Å². The molecule has 0 radical (unpaired) electrons. The van der Waals surface area contributed by atoms with E-state index in [0.29, 0.717) is 6.42 Å². The second kappa shape index (κ2) is 8.56. The van der Waals surface area contributed by atoms with Crippen molar-refractivity contribution in [1.29, 1.82) is 0 Å². The molecule has 0 aliphatic carbocycles. The molecule has 2 amide bonds. The number of hydrogen-bond acceptors (Lipinski definition) is 3. The molecule has 1 aromatic heterocycles. The largest absolute Gasteiger partial charge is 0.449 e. The van der Waals surface area contributed by atoms with Gasteiger partial charge in [-0.15, -0.1) is 0 Å². The third kappa shape index (κ3) is 4.97. The third-order valence-electron chi connectivity index (χ3n) is 4.68. The van der Waals surface area contributed by atoms with Gasteiger partial charge in [0.15, 0.2) is 0 Å². The van der Waals surface area contributed by atoms with Gasteiger partial charge in [0.25, 0.3) is 0 Å². The minimum atomic E-state index is -4.59. The molecule has 0 fully saturated rings. The molecule has 3 rings (SSSR count). The van der Waals surface area contributed by atoms with E-state index in [9.17, 15) is 22.8 Å². The average Bonchev–Trinajstić information content (AvgIpc) is 3.03. The van der Waals surface area contributed by atoms with Crippen LogP contribution in [0.15, 0.2) is 48.5 Å². The summed E-state index contributed by atoms with van der Waals surface area (Å²) in [6.45, 7) is 1.80. The summed E-state index contributed by atoms with van der Waals surface area (Å²) < 4.78 is 39.9. The van der Waals surface area contributed by atoms with Crippen LogP contribution in [0.3, 0.4) is 0 Å². The van der Waals surface area contributed by atoms with Crippen molar-refractivity contribution in [3.05, 3.63) is 59.9 Å². The lowest BCUT2D eigenvalue weighted by Crippen LogP contribution is -2.40. The molecule has 30 heavy (non-hydrogen) atoms. The minimum Gasteiger partial charge on any atom is -0.345 e. The number of alkyl halides is 3. The number of carbonyl (C=O) groups is 2. The second-order valence-corrected chi connectivity index (χ2v) is 7.05. The van der Waals surface area contributed by atoms with Gasteiger partial charge in [0, 0.05) is 18.8 Å². The fourth-order valence-corrected chi connectivity index (χ4v) is 3.11. The van der Waals surface area contributed by atoms with Gasteiger partial charge in [0.05, 0.1) is 11.0 Å². The number of imidazole rings is 1. The summed E-state index contributed by atoms with van der Waals surface area (Å²) >= 11 is 0. The summed E-state index contributed by atoms with van der Waals surface area (Å²) in [5.41, 5.74) is 1.65. The number of nitrogens with one attached hydrogen (secondary N) is 2. The Morgan fingerprint density at radius 1 is 1.10 bits per heavy atom. The van der Waals surface area contributed by atoms with Gasteiger partial charge in [-0.2, -0.15) is 13.2 Å². The number of benzene rings is 2. The quantitative estimate of drug-likeness (QED) is 0.621. The number of rotatable bonds is 5. The lowest BCUT2D eigenvalue weighted by Gasteiger charge is -2.13. The molecule has 0 saturated carbocycles. The second-order valence-electron chi connectivity index (χ2n) is 7.05. The summed E-state index contributed by atoms with van der Waals surface area (Å²) in [4.78, 5) is 27.9. The van der Waals surface area contributed by atoms with Gasteiger partial charge in [-0.25, -0.2) is 4.98 Å². The number of fused-ring (bicyclic) bond motifs is 1. The number of halogens is 3. The summed E-state index contributed by atoms with van der Waals surface area (Å²) in [6.07, 6.45) is -3.18. The van der Waals surface area contributed by atoms with E-state index in [-0.39, 0.29) is 22.8 Å². The zero-order valence-corrected chi connectivity index (χ0v) is 16.5. The molecule has 6 nitrogen and oxygen atoms in total. The maximum atomic E-state index is 13.0. The highest BCUT2D eigenvalue weighted by molar-refractivity contribution is 6.39. The van der Waals surface area contributed by atoms with E-state index in [0.717, 1.165) is 16.6 Å². The molecule has 0 spiro atoms. The van der Waals surface area contributed by atoms with Crippen LogP contribution in [-0.2, 0) is 29.2 Å². The molecule has 1 heterocycles. The van der Waals surface area contributed by atoms with E-state index in [1.54, 1.807) is 6.92 Å². The van der Waals surface area contributed by atoms with E-state index >= 15 is 0 Å². The van der Waals surface area contributed by atoms with Crippen LogP contribution >= 0.6 is 0 Å². The lowest BCUT2D eigenvalue weighted by atomic mass is 10.1. The first-order valence-electron chi connectivity index (χ1n) is 9.34. The van der Waals surface area contributed by atoms with Crippen LogP contribution < -0.4 is 10.6 Å². The summed E-state index contributed by atoms with van der Waals surface area (Å²) in [5, 5.41) is 5.02. The molecule has 3 aromatic rings. The monoisotopic (exact) mass is 418 g/mol. The van der Waals surface area contributed by atoms with Crippen molar-refractivity contribution in [2.24, 2.45) is 7.05 Å². The maximum absolute atomic E-state index is 13.0. The Bertz CT molecular complexity index is 1060. The Morgan fingerprint density at radius 2 is 1.80 bits per heavy atom. The first kappa shape index (κ1) is 21.4. The van der Waals surface area contributed by atoms with Crippen molar-refractivity contribution in [2.75, 3.05) is 5.32 Å². The molecule has 2 N–H and O–H groups in total. The number of aryl methyl sites for hydroxylation is 2. The van der Waals surface area contributed by atoms with Crippen molar-refractivity contribution in [2.45, 2.75) is 32.0 Å². The number of hydrogen-bond donors (Lipinski definition) is 2. The molecule has 0 saturated heterocycles. The topological polar surface area (TPSA) is 76.0 Å². The Kier molecular flexibility index (Phi) is 6.09. The van der Waals surface area contributed by atoms with Crippen LogP contribution in [0, 0.1) is 0 Å². The number of amides is 2. The van der Waals surface area contributed by atoms with Crippen LogP contribution in [0.5, 0.6) is 0 Å². The van der Waals surface area contributed by atoms with E-state index in [4.69, 9.17) is 0 Å². The smallest absolute Gasteiger partial charge is 0.345 e. The van der Waals surface area contributed by atoms with Crippen LogP contribution in [-0.4, -0.2) is 27.4 Å². The first-order chi connectivity index (χ1) is 14.1. The Hall–Kier alpha value is -3.36. The molecule has 0 aliphatic rings. The van der Waals surface area contributed by atoms with E-state index in [1.807, 2.05) is 30.3 Å². The van der Waals surface area contributed by atoms with E-state index in [2.05, 4.69) is 15.6 Å².